The molecule has 1 heterocycles. The second kappa shape index (κ2) is 6.69. The topological polar surface area (TPSA) is 91.3 Å². The number of hydrogen-bond donors (Lipinski definition) is 3. The Balaban J connectivity index is 1.79. The standard InChI is InChI=1S/C13H19N3O3S/c1-8(6-11(17)18)7-14-12(19)16-13-15-9-4-2-3-5-10(9)20-13/h8H,2-7H2,1H3,(H,17,18)(H2,14,15,16,19). The summed E-state index contributed by atoms with van der Waals surface area (Å²) in [7, 11) is 0. The van der Waals surface area contributed by atoms with E-state index >= 15 is 0 Å². The summed E-state index contributed by atoms with van der Waals surface area (Å²) >= 11 is 1.53. The van der Waals surface area contributed by atoms with Gasteiger partial charge in [-0.25, -0.2) is 9.78 Å². The zero-order valence-corrected chi connectivity index (χ0v) is 12.3. The molecule has 0 aromatic carbocycles. The van der Waals surface area contributed by atoms with E-state index in [-0.39, 0.29) is 18.4 Å². The van der Waals surface area contributed by atoms with Crippen molar-refractivity contribution in [3.63, 3.8) is 0 Å². The van der Waals surface area contributed by atoms with Gasteiger partial charge in [-0.3, -0.25) is 10.1 Å². The number of nitrogens with zero attached hydrogens (tertiary/aromatic N) is 1. The number of carboxylic acids is 1. The van der Waals surface area contributed by atoms with Gasteiger partial charge < -0.3 is 10.4 Å². The molecule has 0 fully saturated rings. The fourth-order valence-corrected chi connectivity index (χ4v) is 3.23. The Morgan fingerprint density at radius 3 is 2.85 bits per heavy atom. The summed E-state index contributed by atoms with van der Waals surface area (Å²) in [5.41, 5.74) is 1.11. The van der Waals surface area contributed by atoms with Crippen LogP contribution in [0.3, 0.4) is 0 Å². The van der Waals surface area contributed by atoms with Crippen molar-refractivity contribution in [3.05, 3.63) is 10.6 Å². The van der Waals surface area contributed by atoms with Gasteiger partial charge in [0.2, 0.25) is 0 Å². The predicted octanol–water partition coefficient (Wildman–Crippen LogP) is 2.25. The first-order chi connectivity index (χ1) is 9.54. The van der Waals surface area contributed by atoms with Crippen LogP contribution in [0.15, 0.2) is 0 Å². The van der Waals surface area contributed by atoms with Gasteiger partial charge in [0.1, 0.15) is 0 Å². The van der Waals surface area contributed by atoms with E-state index in [4.69, 9.17) is 5.11 Å². The Morgan fingerprint density at radius 2 is 2.15 bits per heavy atom. The molecule has 0 spiro atoms. The van der Waals surface area contributed by atoms with E-state index in [1.807, 2.05) is 0 Å². The lowest BCUT2D eigenvalue weighted by molar-refractivity contribution is -0.137. The smallest absolute Gasteiger partial charge is 0.321 e. The highest BCUT2D eigenvalue weighted by Gasteiger charge is 2.16. The van der Waals surface area contributed by atoms with Crippen LogP contribution in [0.2, 0.25) is 0 Å². The van der Waals surface area contributed by atoms with Crippen LogP contribution in [0, 0.1) is 5.92 Å². The van der Waals surface area contributed by atoms with Gasteiger partial charge >= 0.3 is 12.0 Å². The second-order valence-electron chi connectivity index (χ2n) is 5.13. The summed E-state index contributed by atoms with van der Waals surface area (Å²) in [6.07, 6.45) is 4.44. The van der Waals surface area contributed by atoms with Crippen molar-refractivity contribution in [2.45, 2.75) is 39.0 Å². The minimum atomic E-state index is -0.854. The molecule has 3 N–H and O–H groups in total. The first kappa shape index (κ1) is 14.8. The van der Waals surface area contributed by atoms with E-state index in [0.717, 1.165) is 25.0 Å². The van der Waals surface area contributed by atoms with E-state index in [9.17, 15) is 9.59 Å². The van der Waals surface area contributed by atoms with Crippen LogP contribution in [-0.4, -0.2) is 28.6 Å². The third-order valence-corrected chi connectivity index (χ3v) is 4.27. The van der Waals surface area contributed by atoms with Gasteiger partial charge in [-0.2, -0.15) is 0 Å². The Labute approximate surface area is 121 Å². The number of rotatable bonds is 5. The molecule has 1 atom stereocenters. The number of aryl methyl sites for hydroxylation is 2. The summed E-state index contributed by atoms with van der Waals surface area (Å²) in [5, 5.41) is 14.7. The van der Waals surface area contributed by atoms with Crippen molar-refractivity contribution in [3.8, 4) is 0 Å². The van der Waals surface area contributed by atoms with Crippen LogP contribution in [-0.2, 0) is 17.6 Å². The summed E-state index contributed by atoms with van der Waals surface area (Å²) in [5.74, 6) is -0.949. The van der Waals surface area contributed by atoms with E-state index in [1.54, 1.807) is 6.92 Å². The minimum Gasteiger partial charge on any atom is -0.481 e. The van der Waals surface area contributed by atoms with Gasteiger partial charge in [-0.1, -0.05) is 6.92 Å². The summed E-state index contributed by atoms with van der Waals surface area (Å²) < 4.78 is 0. The van der Waals surface area contributed by atoms with E-state index in [1.165, 1.54) is 22.6 Å². The third-order valence-electron chi connectivity index (χ3n) is 3.20. The molecule has 0 aliphatic heterocycles. The molecule has 1 aromatic rings. The monoisotopic (exact) mass is 297 g/mol. The fourth-order valence-electron chi connectivity index (χ4n) is 2.18. The van der Waals surface area contributed by atoms with Crippen LogP contribution in [0.5, 0.6) is 0 Å². The maximum atomic E-state index is 11.7. The van der Waals surface area contributed by atoms with Crippen molar-refractivity contribution in [1.82, 2.24) is 10.3 Å². The van der Waals surface area contributed by atoms with Crippen molar-refractivity contribution < 1.29 is 14.7 Å². The molecule has 0 radical (unpaired) electrons. The summed E-state index contributed by atoms with van der Waals surface area (Å²) in [4.78, 5) is 27.9. The number of amides is 2. The number of nitrogens with one attached hydrogen (secondary N) is 2. The van der Waals surface area contributed by atoms with E-state index < -0.39 is 5.97 Å². The fraction of sp³-hybridized carbons (Fsp3) is 0.615. The lowest BCUT2D eigenvalue weighted by atomic mass is 10.0. The average Bonchev–Trinajstić information content (AvgIpc) is 2.77. The van der Waals surface area contributed by atoms with Crippen LogP contribution in [0.1, 0.15) is 36.8 Å². The Bertz CT molecular complexity index is 478. The molecule has 1 aromatic heterocycles. The van der Waals surface area contributed by atoms with Gasteiger partial charge in [0.25, 0.3) is 0 Å². The van der Waals surface area contributed by atoms with Crippen molar-refractivity contribution >= 4 is 28.5 Å². The Hall–Kier alpha value is -1.63. The summed E-state index contributed by atoms with van der Waals surface area (Å²) in [6.45, 7) is 2.12. The van der Waals surface area contributed by atoms with Gasteiger partial charge in [0, 0.05) is 17.8 Å². The number of carboxylic acid groups (broad SMARTS) is 1. The number of carbonyl (C=O) groups is 2. The molecule has 0 saturated carbocycles. The first-order valence-electron chi connectivity index (χ1n) is 6.80. The highest BCUT2D eigenvalue weighted by molar-refractivity contribution is 7.15. The van der Waals surface area contributed by atoms with Crippen molar-refractivity contribution in [2.24, 2.45) is 5.92 Å². The molecule has 1 unspecified atom stereocenters. The Kier molecular flexibility index (Phi) is 4.94. The van der Waals surface area contributed by atoms with E-state index in [2.05, 4.69) is 15.6 Å². The van der Waals surface area contributed by atoms with Gasteiger partial charge in [0.05, 0.1) is 5.69 Å². The molecule has 0 saturated heterocycles. The quantitative estimate of drug-likeness (QED) is 0.777. The average molecular weight is 297 g/mol. The molecule has 1 aliphatic carbocycles. The maximum absolute atomic E-state index is 11.7. The zero-order valence-electron chi connectivity index (χ0n) is 11.4. The third kappa shape index (κ3) is 4.19. The van der Waals surface area contributed by atoms with Crippen LogP contribution in [0.4, 0.5) is 9.93 Å². The number of thiazole rings is 1. The molecular formula is C13H19N3O3S. The highest BCUT2D eigenvalue weighted by Crippen LogP contribution is 2.29. The summed E-state index contributed by atoms with van der Waals surface area (Å²) in [6, 6.07) is -0.326. The number of aromatic nitrogens is 1. The largest absolute Gasteiger partial charge is 0.481 e. The number of carbonyl (C=O) groups excluding carboxylic acids is 1. The maximum Gasteiger partial charge on any atom is 0.321 e. The number of hydrogen-bond acceptors (Lipinski definition) is 4. The SMILES string of the molecule is CC(CNC(=O)Nc1nc2c(s1)CCCC2)CC(=O)O. The molecule has 0 bridgehead atoms. The van der Waals surface area contributed by atoms with Crippen LogP contribution < -0.4 is 10.6 Å². The van der Waals surface area contributed by atoms with Gasteiger partial charge in [-0.15, -0.1) is 11.3 Å². The minimum absolute atomic E-state index is 0.0474. The molecule has 7 heteroatoms. The number of anilines is 1. The van der Waals surface area contributed by atoms with Crippen LogP contribution in [0.25, 0.3) is 0 Å². The normalized spacial score (nSPS) is 15.2. The highest BCUT2D eigenvalue weighted by atomic mass is 32.1. The van der Waals surface area contributed by atoms with Gasteiger partial charge in [0.15, 0.2) is 5.13 Å². The van der Waals surface area contributed by atoms with E-state index in [0.29, 0.717) is 11.7 Å². The second-order valence-corrected chi connectivity index (χ2v) is 6.22. The number of fused-ring (bicyclic) bond motifs is 1. The molecule has 2 rings (SSSR count). The predicted molar refractivity (Wildman–Crippen MR) is 77.2 cm³/mol. The number of aliphatic carboxylic acids is 1. The number of urea groups is 1. The molecule has 2 amide bonds. The van der Waals surface area contributed by atoms with Crippen molar-refractivity contribution in [2.75, 3.05) is 11.9 Å². The lowest BCUT2D eigenvalue weighted by Gasteiger charge is -2.10. The lowest BCUT2D eigenvalue weighted by Crippen LogP contribution is -2.32. The Morgan fingerprint density at radius 1 is 1.40 bits per heavy atom. The first-order valence-corrected chi connectivity index (χ1v) is 7.61. The zero-order chi connectivity index (χ0) is 14.5. The molecular weight excluding hydrogens is 278 g/mol. The molecule has 6 nitrogen and oxygen atoms in total. The molecule has 110 valence electrons. The molecule has 20 heavy (non-hydrogen) atoms. The van der Waals surface area contributed by atoms with Gasteiger partial charge in [-0.05, 0) is 31.6 Å². The molecule has 1 aliphatic rings. The van der Waals surface area contributed by atoms with Crippen LogP contribution >= 0.6 is 11.3 Å². The van der Waals surface area contributed by atoms with Crippen molar-refractivity contribution in [1.29, 1.82) is 0 Å².